The molecule has 0 aliphatic carbocycles. The van der Waals surface area contributed by atoms with Gasteiger partial charge in [-0.2, -0.15) is 0 Å². The molecule has 4 nitrogen and oxygen atoms in total. The highest BCUT2D eigenvalue weighted by Gasteiger charge is 2.26. The summed E-state index contributed by atoms with van der Waals surface area (Å²) in [4.78, 5) is 19.7. The van der Waals surface area contributed by atoms with Crippen LogP contribution in [0.1, 0.15) is 23.2 Å². The molecule has 3 rings (SSSR count). The van der Waals surface area contributed by atoms with Crippen LogP contribution in [0.25, 0.3) is 0 Å². The molecule has 0 radical (unpaired) electrons. The topological polar surface area (TPSA) is 42.4 Å². The predicted molar refractivity (Wildman–Crippen MR) is 92.0 cm³/mol. The third-order valence-corrected chi connectivity index (χ3v) is 4.75. The van der Waals surface area contributed by atoms with Crippen LogP contribution < -0.4 is 4.74 Å². The number of carbonyl (C=O) groups excluding carboxylic acids is 1. The summed E-state index contributed by atoms with van der Waals surface area (Å²) < 4.78 is 5.99. The Labute approximate surface area is 140 Å². The third-order valence-electron chi connectivity index (χ3n) is 3.96. The number of pyridine rings is 1. The van der Waals surface area contributed by atoms with E-state index in [1.54, 1.807) is 24.2 Å². The van der Waals surface area contributed by atoms with E-state index in [-0.39, 0.29) is 12.0 Å². The van der Waals surface area contributed by atoms with Crippen molar-refractivity contribution in [2.24, 2.45) is 0 Å². The third kappa shape index (κ3) is 3.85. The van der Waals surface area contributed by atoms with Gasteiger partial charge in [-0.1, -0.05) is 12.1 Å². The van der Waals surface area contributed by atoms with E-state index < -0.39 is 0 Å². The van der Waals surface area contributed by atoms with E-state index in [1.165, 1.54) is 0 Å². The average molecular weight is 328 g/mol. The maximum atomic E-state index is 12.8. The lowest BCUT2D eigenvalue weighted by Crippen LogP contribution is -2.44. The first-order chi connectivity index (χ1) is 11.3. The minimum absolute atomic E-state index is 0.0385. The Morgan fingerprint density at radius 1 is 1.26 bits per heavy atom. The fourth-order valence-electron chi connectivity index (χ4n) is 2.82. The van der Waals surface area contributed by atoms with E-state index in [0.29, 0.717) is 6.54 Å². The Bertz CT molecular complexity index is 663. The summed E-state index contributed by atoms with van der Waals surface area (Å²) >= 11 is 1.61. The van der Waals surface area contributed by atoms with Gasteiger partial charge in [-0.15, -0.1) is 11.8 Å². The predicted octanol–water partition coefficient (Wildman–Crippen LogP) is 3.49. The average Bonchev–Trinajstić information content (AvgIpc) is 2.62. The molecule has 2 heterocycles. The normalized spacial score (nSPS) is 17.8. The van der Waals surface area contributed by atoms with Gasteiger partial charge in [-0.3, -0.25) is 9.78 Å². The fraction of sp³-hybridized carbons (Fsp3) is 0.333. The lowest BCUT2D eigenvalue weighted by molar-refractivity contribution is 0.0534. The number of piperidine rings is 1. The van der Waals surface area contributed by atoms with Crippen molar-refractivity contribution in [1.29, 1.82) is 0 Å². The molecule has 2 aromatic rings. The van der Waals surface area contributed by atoms with Crippen LogP contribution in [0.4, 0.5) is 0 Å². The summed E-state index contributed by atoms with van der Waals surface area (Å²) in [7, 11) is 0. The van der Waals surface area contributed by atoms with E-state index in [0.717, 1.165) is 35.6 Å². The number of likely N-dealkylation sites (tertiary alicyclic amines) is 1. The molecular weight excluding hydrogens is 308 g/mol. The molecule has 1 aromatic heterocycles. The van der Waals surface area contributed by atoms with Gasteiger partial charge in [0.25, 0.3) is 5.91 Å². The second-order valence-electron chi connectivity index (χ2n) is 5.52. The second-order valence-corrected chi connectivity index (χ2v) is 6.36. The van der Waals surface area contributed by atoms with Crippen LogP contribution in [0.3, 0.4) is 0 Å². The zero-order valence-electron chi connectivity index (χ0n) is 13.1. The van der Waals surface area contributed by atoms with Crippen LogP contribution >= 0.6 is 11.8 Å². The maximum Gasteiger partial charge on any atom is 0.255 e. The molecule has 1 aliphatic heterocycles. The highest BCUT2D eigenvalue weighted by Crippen LogP contribution is 2.24. The van der Waals surface area contributed by atoms with Gasteiger partial charge in [0.2, 0.25) is 0 Å². The summed E-state index contributed by atoms with van der Waals surface area (Å²) in [5.41, 5.74) is 0.782. The molecule has 1 fully saturated rings. The minimum atomic E-state index is 0.0385. The van der Waals surface area contributed by atoms with Gasteiger partial charge in [0, 0.05) is 23.8 Å². The molecule has 1 amide bonds. The van der Waals surface area contributed by atoms with E-state index in [4.69, 9.17) is 4.74 Å². The van der Waals surface area contributed by atoms with E-state index in [2.05, 4.69) is 4.98 Å². The van der Waals surface area contributed by atoms with Crippen molar-refractivity contribution in [1.82, 2.24) is 9.88 Å². The Hall–Kier alpha value is -2.01. The van der Waals surface area contributed by atoms with Crippen LogP contribution in [0.15, 0.2) is 53.7 Å². The van der Waals surface area contributed by atoms with E-state index in [9.17, 15) is 4.79 Å². The van der Waals surface area contributed by atoms with Gasteiger partial charge < -0.3 is 9.64 Å². The molecule has 5 heteroatoms. The number of nitrogens with zero attached hydrogens (tertiary/aromatic N) is 2. The summed E-state index contributed by atoms with van der Waals surface area (Å²) in [5, 5.41) is 0. The smallest absolute Gasteiger partial charge is 0.255 e. The van der Waals surface area contributed by atoms with Crippen molar-refractivity contribution >= 4 is 17.7 Å². The Morgan fingerprint density at radius 2 is 2.04 bits per heavy atom. The minimum Gasteiger partial charge on any atom is -0.488 e. The summed E-state index contributed by atoms with van der Waals surface area (Å²) in [6.45, 7) is 1.42. The van der Waals surface area contributed by atoms with Crippen LogP contribution in [0.5, 0.6) is 5.75 Å². The number of thioether (sulfide) groups is 1. The first-order valence-corrected chi connectivity index (χ1v) is 8.99. The van der Waals surface area contributed by atoms with Gasteiger partial charge in [-0.05, 0) is 43.4 Å². The van der Waals surface area contributed by atoms with Crippen molar-refractivity contribution in [2.75, 3.05) is 19.3 Å². The van der Waals surface area contributed by atoms with Gasteiger partial charge in [0.1, 0.15) is 11.9 Å². The molecule has 1 aromatic carbocycles. The lowest BCUT2D eigenvalue weighted by atomic mass is 10.1. The summed E-state index contributed by atoms with van der Waals surface area (Å²) in [5.74, 6) is 0.904. The van der Waals surface area contributed by atoms with E-state index >= 15 is 0 Å². The van der Waals surface area contributed by atoms with E-state index in [1.807, 2.05) is 47.6 Å². The zero-order chi connectivity index (χ0) is 16.1. The Kier molecular flexibility index (Phi) is 5.18. The van der Waals surface area contributed by atoms with Crippen molar-refractivity contribution in [2.45, 2.75) is 23.8 Å². The van der Waals surface area contributed by atoms with Gasteiger partial charge in [0.15, 0.2) is 0 Å². The number of aromatic nitrogens is 1. The number of rotatable bonds is 4. The Balaban J connectivity index is 1.69. The van der Waals surface area contributed by atoms with Crippen LogP contribution in [0, 0.1) is 0 Å². The molecule has 1 aliphatic rings. The summed E-state index contributed by atoms with van der Waals surface area (Å²) in [6.07, 6.45) is 7.40. The van der Waals surface area contributed by atoms with Gasteiger partial charge in [0.05, 0.1) is 12.1 Å². The molecule has 120 valence electrons. The monoisotopic (exact) mass is 328 g/mol. The molecule has 0 bridgehead atoms. The lowest BCUT2D eigenvalue weighted by Gasteiger charge is -2.33. The number of hydrogen-bond acceptors (Lipinski definition) is 4. The number of amides is 1. The standard InChI is InChI=1S/C18H20N2O2S/c1-23-17-7-3-2-6-16(17)18(21)20-12-4-5-15(13-20)22-14-8-10-19-11-9-14/h2-3,6-11,15H,4-5,12-13H2,1H3/t15-/m0/s1. The quantitative estimate of drug-likeness (QED) is 0.806. The van der Waals surface area contributed by atoms with Crippen molar-refractivity contribution in [3.8, 4) is 5.75 Å². The fourth-order valence-corrected chi connectivity index (χ4v) is 3.41. The molecule has 0 saturated carbocycles. The highest BCUT2D eigenvalue weighted by atomic mass is 32.2. The second kappa shape index (κ2) is 7.51. The maximum absolute atomic E-state index is 12.8. The van der Waals surface area contributed by atoms with Crippen LogP contribution in [0.2, 0.25) is 0 Å². The molecule has 0 unspecified atom stereocenters. The zero-order valence-corrected chi connectivity index (χ0v) is 14.0. The van der Waals surface area contributed by atoms with Crippen molar-refractivity contribution < 1.29 is 9.53 Å². The number of hydrogen-bond donors (Lipinski definition) is 0. The highest BCUT2D eigenvalue weighted by molar-refractivity contribution is 7.98. The summed E-state index contributed by atoms with van der Waals surface area (Å²) in [6, 6.07) is 11.5. The molecule has 1 saturated heterocycles. The van der Waals surface area contributed by atoms with Crippen molar-refractivity contribution in [3.05, 3.63) is 54.4 Å². The number of ether oxygens (including phenoxy) is 1. The number of benzene rings is 1. The number of carbonyl (C=O) groups is 1. The first kappa shape index (κ1) is 15.9. The SMILES string of the molecule is CSc1ccccc1C(=O)N1CCC[C@H](Oc2ccncc2)C1. The van der Waals surface area contributed by atoms with Gasteiger partial charge in [-0.25, -0.2) is 0 Å². The van der Waals surface area contributed by atoms with Crippen molar-refractivity contribution in [3.63, 3.8) is 0 Å². The molecule has 23 heavy (non-hydrogen) atoms. The molecule has 1 atom stereocenters. The molecule has 0 N–H and O–H groups in total. The van der Waals surface area contributed by atoms with Gasteiger partial charge >= 0.3 is 0 Å². The first-order valence-electron chi connectivity index (χ1n) is 7.77. The molecule has 0 spiro atoms. The van der Waals surface area contributed by atoms with Crippen LogP contribution in [-0.2, 0) is 0 Å². The van der Waals surface area contributed by atoms with Crippen LogP contribution in [-0.4, -0.2) is 41.2 Å². The largest absolute Gasteiger partial charge is 0.488 e. The molecular formula is C18H20N2O2S. The Morgan fingerprint density at radius 3 is 2.83 bits per heavy atom.